The monoisotopic (exact) mass is 363 g/mol. The van der Waals surface area contributed by atoms with Crippen LogP contribution in [0, 0.1) is 11.8 Å². The lowest BCUT2D eigenvalue weighted by Crippen LogP contribution is -2.43. The van der Waals surface area contributed by atoms with Crippen LogP contribution in [0.1, 0.15) is 6.92 Å². The second-order valence-electron chi connectivity index (χ2n) is 6.15. The number of hydrogen-bond acceptors (Lipinski definition) is 4. The Morgan fingerprint density at radius 3 is 2.59 bits per heavy atom. The van der Waals surface area contributed by atoms with Crippen molar-refractivity contribution in [3.05, 3.63) is 40.9 Å². The average molecular weight is 364 g/mol. The molecule has 4 rings (SSSR count). The van der Waals surface area contributed by atoms with Gasteiger partial charge in [0.05, 0.1) is 29.7 Å². The molecule has 0 aromatic heterocycles. The summed E-state index contributed by atoms with van der Waals surface area (Å²) in [6, 6.07) is 7.12. The molecule has 0 spiro atoms. The maximum Gasteiger partial charge on any atom is 0.241 e. The highest BCUT2D eigenvalue weighted by molar-refractivity contribution is 9.10. The van der Waals surface area contributed by atoms with Gasteiger partial charge in [-0.2, -0.15) is 0 Å². The van der Waals surface area contributed by atoms with Crippen LogP contribution in [-0.4, -0.2) is 34.7 Å². The summed E-state index contributed by atoms with van der Waals surface area (Å²) >= 11 is 3.39. The Bertz CT molecular complexity index is 733. The Labute approximate surface area is 135 Å². The number of carbonyl (C=O) groups excluding carboxylic acids is 2. The maximum absolute atomic E-state index is 12.9. The Hall–Kier alpha value is -1.50. The number of amides is 2. The number of carbonyl (C=O) groups is 2. The molecule has 3 aliphatic heterocycles. The molecule has 2 amide bonds. The van der Waals surface area contributed by atoms with E-state index in [4.69, 9.17) is 4.74 Å². The highest BCUT2D eigenvalue weighted by Crippen LogP contribution is 2.57. The molecular weight excluding hydrogens is 350 g/mol. The third-order valence-corrected chi connectivity index (χ3v) is 5.57. The largest absolute Gasteiger partial charge is 0.393 e. The first-order chi connectivity index (χ1) is 10.4. The van der Waals surface area contributed by atoms with E-state index in [2.05, 4.69) is 15.9 Å². The number of rotatable bonds is 2. The second-order valence-corrected chi connectivity index (χ2v) is 7.01. The van der Waals surface area contributed by atoms with Crippen molar-refractivity contribution in [2.75, 3.05) is 11.5 Å². The third-order valence-electron chi connectivity index (χ3n) is 4.90. The van der Waals surface area contributed by atoms with E-state index in [1.807, 2.05) is 6.07 Å². The highest BCUT2D eigenvalue weighted by atomic mass is 79.9. The smallest absolute Gasteiger partial charge is 0.241 e. The molecule has 1 aromatic carbocycles. The number of benzene rings is 1. The van der Waals surface area contributed by atoms with E-state index in [9.17, 15) is 14.7 Å². The SMILES string of the molecule is C[C@@]12C=C[C@@](CO)(O1)[C@@H]1C(=O)N(c3ccccc3Br)C(=O)[C@H]12. The summed E-state index contributed by atoms with van der Waals surface area (Å²) in [5.41, 5.74) is -1.39. The number of para-hydroxylation sites is 1. The van der Waals surface area contributed by atoms with E-state index in [-0.39, 0.29) is 18.4 Å². The molecule has 6 heteroatoms. The molecular formula is C16H14BrNO4. The van der Waals surface area contributed by atoms with Crippen LogP contribution in [0.25, 0.3) is 0 Å². The van der Waals surface area contributed by atoms with E-state index >= 15 is 0 Å². The first-order valence-corrected chi connectivity index (χ1v) is 7.87. The summed E-state index contributed by atoms with van der Waals surface area (Å²) < 4.78 is 6.56. The maximum atomic E-state index is 12.9. The quantitative estimate of drug-likeness (QED) is 0.640. The highest BCUT2D eigenvalue weighted by Gasteiger charge is 2.72. The van der Waals surface area contributed by atoms with Gasteiger partial charge in [0.2, 0.25) is 11.8 Å². The first kappa shape index (κ1) is 14.1. The molecule has 1 aromatic rings. The van der Waals surface area contributed by atoms with Crippen LogP contribution >= 0.6 is 15.9 Å². The van der Waals surface area contributed by atoms with Crippen molar-refractivity contribution in [1.29, 1.82) is 0 Å². The third kappa shape index (κ3) is 1.50. The molecule has 0 aliphatic carbocycles. The zero-order chi connectivity index (χ0) is 15.7. The number of ether oxygens (including phenoxy) is 1. The number of anilines is 1. The molecule has 3 aliphatic rings. The zero-order valence-corrected chi connectivity index (χ0v) is 13.4. The van der Waals surface area contributed by atoms with Gasteiger partial charge in [-0.15, -0.1) is 0 Å². The summed E-state index contributed by atoms with van der Waals surface area (Å²) in [5.74, 6) is -1.86. The molecule has 3 heterocycles. The van der Waals surface area contributed by atoms with Gasteiger partial charge in [0.25, 0.3) is 0 Å². The van der Waals surface area contributed by atoms with Gasteiger partial charge in [-0.1, -0.05) is 24.3 Å². The van der Waals surface area contributed by atoms with Crippen molar-refractivity contribution in [3.63, 3.8) is 0 Å². The number of hydrogen-bond donors (Lipinski definition) is 1. The van der Waals surface area contributed by atoms with Crippen LogP contribution in [0.15, 0.2) is 40.9 Å². The van der Waals surface area contributed by atoms with Crippen LogP contribution < -0.4 is 4.90 Å². The fraction of sp³-hybridized carbons (Fsp3) is 0.375. The summed E-state index contributed by atoms with van der Waals surface area (Å²) in [5, 5.41) is 9.75. The Morgan fingerprint density at radius 2 is 1.91 bits per heavy atom. The summed E-state index contributed by atoms with van der Waals surface area (Å²) in [4.78, 5) is 27.0. The lowest BCUT2D eigenvalue weighted by molar-refractivity contribution is -0.131. The van der Waals surface area contributed by atoms with Crippen molar-refractivity contribution in [2.45, 2.75) is 18.1 Å². The summed E-state index contributed by atoms with van der Waals surface area (Å²) in [6.45, 7) is 1.48. The predicted octanol–water partition coefficient (Wildman–Crippen LogP) is 1.64. The number of imide groups is 1. The number of halogens is 1. The molecule has 22 heavy (non-hydrogen) atoms. The molecule has 2 saturated heterocycles. The van der Waals surface area contributed by atoms with Crippen LogP contribution in [-0.2, 0) is 14.3 Å². The van der Waals surface area contributed by atoms with Crippen LogP contribution in [0.4, 0.5) is 5.69 Å². The number of fused-ring (bicyclic) bond motifs is 5. The summed E-state index contributed by atoms with van der Waals surface area (Å²) in [6.07, 6.45) is 3.52. The van der Waals surface area contributed by atoms with Gasteiger partial charge in [0.1, 0.15) is 5.60 Å². The average Bonchev–Trinajstić information content (AvgIpc) is 3.07. The van der Waals surface area contributed by atoms with Crippen molar-refractivity contribution in [3.8, 4) is 0 Å². The van der Waals surface area contributed by atoms with E-state index in [0.29, 0.717) is 10.2 Å². The molecule has 2 bridgehead atoms. The second kappa shape index (κ2) is 4.28. The first-order valence-electron chi connectivity index (χ1n) is 7.07. The molecule has 5 nitrogen and oxygen atoms in total. The topological polar surface area (TPSA) is 66.8 Å². The minimum absolute atomic E-state index is 0.274. The lowest BCUT2D eigenvalue weighted by Gasteiger charge is -2.27. The number of aliphatic hydroxyl groups excluding tert-OH is 1. The van der Waals surface area contributed by atoms with Crippen molar-refractivity contribution in [2.24, 2.45) is 11.8 Å². The Morgan fingerprint density at radius 1 is 1.23 bits per heavy atom. The Balaban J connectivity index is 1.84. The van der Waals surface area contributed by atoms with Gasteiger partial charge in [0.15, 0.2) is 0 Å². The normalized spacial score (nSPS) is 39.0. The molecule has 2 fully saturated rings. The van der Waals surface area contributed by atoms with E-state index in [1.54, 1.807) is 37.3 Å². The van der Waals surface area contributed by atoms with E-state index in [1.165, 1.54) is 4.90 Å². The Kier molecular flexibility index (Phi) is 2.74. The van der Waals surface area contributed by atoms with Crippen LogP contribution in [0.3, 0.4) is 0 Å². The van der Waals surface area contributed by atoms with Crippen molar-refractivity contribution in [1.82, 2.24) is 0 Å². The molecule has 0 saturated carbocycles. The van der Waals surface area contributed by atoms with Gasteiger partial charge in [-0.05, 0) is 35.0 Å². The van der Waals surface area contributed by atoms with Gasteiger partial charge >= 0.3 is 0 Å². The van der Waals surface area contributed by atoms with Gasteiger partial charge in [-0.3, -0.25) is 9.59 Å². The van der Waals surface area contributed by atoms with Crippen LogP contribution in [0.2, 0.25) is 0 Å². The van der Waals surface area contributed by atoms with Gasteiger partial charge < -0.3 is 9.84 Å². The number of aliphatic hydroxyl groups is 1. The predicted molar refractivity (Wildman–Crippen MR) is 82.1 cm³/mol. The van der Waals surface area contributed by atoms with Crippen molar-refractivity contribution >= 4 is 33.4 Å². The van der Waals surface area contributed by atoms with Gasteiger partial charge in [0, 0.05) is 4.47 Å². The molecule has 0 radical (unpaired) electrons. The van der Waals surface area contributed by atoms with Crippen LogP contribution in [0.5, 0.6) is 0 Å². The zero-order valence-electron chi connectivity index (χ0n) is 11.8. The molecule has 114 valence electrons. The fourth-order valence-corrected chi connectivity index (χ4v) is 4.37. The molecule has 1 N–H and O–H groups in total. The minimum atomic E-state index is -1.08. The van der Waals surface area contributed by atoms with E-state index in [0.717, 1.165) is 0 Å². The molecule has 4 atom stereocenters. The fourth-order valence-electron chi connectivity index (χ4n) is 3.91. The molecule has 0 unspecified atom stereocenters. The lowest BCUT2D eigenvalue weighted by atomic mass is 9.73. The summed E-state index contributed by atoms with van der Waals surface area (Å²) in [7, 11) is 0. The van der Waals surface area contributed by atoms with E-state index < -0.39 is 23.0 Å². The van der Waals surface area contributed by atoms with Crippen molar-refractivity contribution < 1.29 is 19.4 Å². The van der Waals surface area contributed by atoms with Gasteiger partial charge in [-0.25, -0.2) is 4.90 Å². The number of nitrogens with zero attached hydrogens (tertiary/aromatic N) is 1. The standard InChI is InChI=1S/C16H14BrNO4/c1-15-6-7-16(8-19,22-15)12-11(15)13(20)18(14(12)21)10-5-3-2-4-9(10)17/h2-7,11-12,19H,8H2,1H3/t11-,12-,15-,16-/m0/s1. The minimum Gasteiger partial charge on any atom is -0.393 e.